The predicted octanol–water partition coefficient (Wildman–Crippen LogP) is 2.76. The summed E-state index contributed by atoms with van der Waals surface area (Å²) < 4.78 is 0.834. The van der Waals surface area contributed by atoms with E-state index in [1.165, 1.54) is 0 Å². The standard InChI is InChI=1S/C11H9Br2NO2/c12-8-1-2-10(7(3-8)6-15)14-5-9(13)4-11(14)16/h1-3,6,9H,4-5H2. The Morgan fingerprint density at radius 3 is 2.75 bits per heavy atom. The van der Waals surface area contributed by atoms with Crippen LogP contribution in [-0.4, -0.2) is 23.6 Å². The van der Waals surface area contributed by atoms with Crippen LogP contribution in [0.2, 0.25) is 0 Å². The van der Waals surface area contributed by atoms with E-state index in [1.807, 2.05) is 6.07 Å². The number of aldehydes is 1. The summed E-state index contributed by atoms with van der Waals surface area (Å²) in [4.78, 5) is 24.5. The summed E-state index contributed by atoms with van der Waals surface area (Å²) >= 11 is 6.72. The Labute approximate surface area is 110 Å². The largest absolute Gasteiger partial charge is 0.311 e. The van der Waals surface area contributed by atoms with Gasteiger partial charge in [-0.3, -0.25) is 9.59 Å². The van der Waals surface area contributed by atoms with Crippen LogP contribution in [0.4, 0.5) is 5.69 Å². The van der Waals surface area contributed by atoms with Gasteiger partial charge < -0.3 is 4.90 Å². The molecule has 1 aromatic rings. The summed E-state index contributed by atoms with van der Waals surface area (Å²) in [6, 6.07) is 5.34. The summed E-state index contributed by atoms with van der Waals surface area (Å²) in [5.41, 5.74) is 1.22. The Hall–Kier alpha value is -0.680. The Morgan fingerprint density at radius 2 is 2.19 bits per heavy atom. The van der Waals surface area contributed by atoms with Crippen LogP contribution in [0.3, 0.4) is 0 Å². The highest BCUT2D eigenvalue weighted by Crippen LogP contribution is 2.29. The third-order valence-corrected chi connectivity index (χ3v) is 3.59. The normalized spacial score (nSPS) is 20.2. The number of rotatable bonds is 2. The van der Waals surface area contributed by atoms with Crippen LogP contribution in [-0.2, 0) is 4.79 Å². The van der Waals surface area contributed by atoms with E-state index in [0.717, 1.165) is 10.8 Å². The monoisotopic (exact) mass is 345 g/mol. The van der Waals surface area contributed by atoms with Gasteiger partial charge in [0.05, 0.1) is 5.69 Å². The summed E-state index contributed by atoms with van der Waals surface area (Å²) in [5, 5.41) is 0. The van der Waals surface area contributed by atoms with Gasteiger partial charge in [-0.15, -0.1) is 0 Å². The van der Waals surface area contributed by atoms with Crippen molar-refractivity contribution in [1.29, 1.82) is 0 Å². The van der Waals surface area contributed by atoms with E-state index in [1.54, 1.807) is 17.0 Å². The van der Waals surface area contributed by atoms with Gasteiger partial charge in [-0.2, -0.15) is 0 Å². The van der Waals surface area contributed by atoms with Gasteiger partial charge in [0, 0.05) is 27.8 Å². The lowest BCUT2D eigenvalue weighted by atomic mass is 10.2. The second kappa shape index (κ2) is 4.67. The van der Waals surface area contributed by atoms with Crippen LogP contribution in [0.1, 0.15) is 16.8 Å². The fourth-order valence-electron chi connectivity index (χ4n) is 1.76. The van der Waals surface area contributed by atoms with Crippen molar-refractivity contribution in [2.75, 3.05) is 11.4 Å². The van der Waals surface area contributed by atoms with Gasteiger partial charge in [0.15, 0.2) is 6.29 Å². The zero-order chi connectivity index (χ0) is 11.7. The zero-order valence-corrected chi connectivity index (χ0v) is 11.5. The molecule has 1 atom stereocenters. The third kappa shape index (κ3) is 2.20. The molecule has 1 aliphatic heterocycles. The van der Waals surface area contributed by atoms with Gasteiger partial charge in [-0.1, -0.05) is 31.9 Å². The Balaban J connectivity index is 2.40. The van der Waals surface area contributed by atoms with Gasteiger partial charge in [-0.25, -0.2) is 0 Å². The summed E-state index contributed by atoms with van der Waals surface area (Å²) in [6.45, 7) is 0.612. The maximum atomic E-state index is 11.7. The second-order valence-corrected chi connectivity index (χ2v) is 5.84. The molecule has 3 nitrogen and oxygen atoms in total. The van der Waals surface area contributed by atoms with Crippen molar-refractivity contribution in [3.8, 4) is 0 Å². The molecule has 0 spiro atoms. The molecule has 1 unspecified atom stereocenters. The molecule has 16 heavy (non-hydrogen) atoms. The maximum Gasteiger partial charge on any atom is 0.228 e. The van der Waals surface area contributed by atoms with Crippen molar-refractivity contribution in [3.63, 3.8) is 0 Å². The minimum absolute atomic E-state index is 0.0484. The van der Waals surface area contributed by atoms with E-state index < -0.39 is 0 Å². The highest BCUT2D eigenvalue weighted by atomic mass is 79.9. The molecule has 1 fully saturated rings. The average molecular weight is 347 g/mol. The molecule has 1 aromatic carbocycles. The van der Waals surface area contributed by atoms with Crippen molar-refractivity contribution in [3.05, 3.63) is 28.2 Å². The molecule has 0 N–H and O–H groups in total. The Kier molecular flexibility index (Phi) is 3.44. The quantitative estimate of drug-likeness (QED) is 0.610. The first-order valence-electron chi connectivity index (χ1n) is 4.81. The predicted molar refractivity (Wildman–Crippen MR) is 69.2 cm³/mol. The van der Waals surface area contributed by atoms with E-state index in [2.05, 4.69) is 31.9 Å². The molecule has 0 saturated carbocycles. The smallest absolute Gasteiger partial charge is 0.228 e. The molecule has 84 valence electrons. The molecule has 2 rings (SSSR count). The van der Waals surface area contributed by atoms with Crippen LogP contribution in [0.25, 0.3) is 0 Å². The molecular formula is C11H9Br2NO2. The number of nitrogens with zero attached hydrogens (tertiary/aromatic N) is 1. The molecular weight excluding hydrogens is 338 g/mol. The molecule has 1 heterocycles. The van der Waals surface area contributed by atoms with Crippen molar-refractivity contribution in [2.24, 2.45) is 0 Å². The van der Waals surface area contributed by atoms with E-state index in [9.17, 15) is 9.59 Å². The highest BCUT2D eigenvalue weighted by Gasteiger charge is 2.29. The molecule has 0 bridgehead atoms. The maximum absolute atomic E-state index is 11.7. The lowest BCUT2D eigenvalue weighted by molar-refractivity contribution is -0.117. The first kappa shape index (κ1) is 11.8. The number of hydrogen-bond donors (Lipinski definition) is 0. The fourth-order valence-corrected chi connectivity index (χ4v) is 2.71. The minimum Gasteiger partial charge on any atom is -0.311 e. The lowest BCUT2D eigenvalue weighted by Gasteiger charge is -2.17. The van der Waals surface area contributed by atoms with E-state index in [0.29, 0.717) is 24.2 Å². The van der Waals surface area contributed by atoms with Gasteiger partial charge in [0.25, 0.3) is 0 Å². The Bertz CT molecular complexity index is 448. The van der Waals surface area contributed by atoms with E-state index in [-0.39, 0.29) is 10.7 Å². The first-order valence-corrected chi connectivity index (χ1v) is 6.52. The number of amides is 1. The van der Waals surface area contributed by atoms with Gasteiger partial charge in [-0.05, 0) is 18.2 Å². The topological polar surface area (TPSA) is 37.4 Å². The number of hydrogen-bond acceptors (Lipinski definition) is 2. The molecule has 1 saturated heterocycles. The molecule has 0 aliphatic carbocycles. The third-order valence-electron chi connectivity index (χ3n) is 2.49. The number of alkyl halides is 1. The molecule has 0 radical (unpaired) electrons. The van der Waals surface area contributed by atoms with Crippen LogP contribution < -0.4 is 4.90 Å². The number of carbonyl (C=O) groups is 2. The summed E-state index contributed by atoms with van der Waals surface area (Å²) in [5.74, 6) is 0.0484. The minimum atomic E-state index is 0.0484. The van der Waals surface area contributed by atoms with E-state index in [4.69, 9.17) is 0 Å². The highest BCUT2D eigenvalue weighted by molar-refractivity contribution is 9.10. The zero-order valence-electron chi connectivity index (χ0n) is 8.32. The molecule has 5 heteroatoms. The average Bonchev–Trinajstić information content (AvgIpc) is 2.57. The molecule has 1 amide bonds. The number of benzene rings is 1. The number of carbonyl (C=O) groups excluding carboxylic acids is 2. The first-order chi connectivity index (χ1) is 7.61. The van der Waals surface area contributed by atoms with Crippen LogP contribution in [0.15, 0.2) is 22.7 Å². The van der Waals surface area contributed by atoms with Crippen molar-refractivity contribution >= 4 is 49.7 Å². The molecule has 1 aliphatic rings. The summed E-state index contributed by atoms with van der Waals surface area (Å²) in [7, 11) is 0. The van der Waals surface area contributed by atoms with Crippen molar-refractivity contribution in [1.82, 2.24) is 0 Å². The van der Waals surface area contributed by atoms with E-state index >= 15 is 0 Å². The fraction of sp³-hybridized carbons (Fsp3) is 0.273. The Morgan fingerprint density at radius 1 is 1.44 bits per heavy atom. The lowest BCUT2D eigenvalue weighted by Crippen LogP contribution is -2.25. The van der Waals surface area contributed by atoms with Gasteiger partial charge in [0.2, 0.25) is 5.91 Å². The van der Waals surface area contributed by atoms with Gasteiger partial charge in [0.1, 0.15) is 0 Å². The number of halogens is 2. The van der Waals surface area contributed by atoms with Crippen LogP contribution >= 0.6 is 31.9 Å². The van der Waals surface area contributed by atoms with Crippen LogP contribution in [0.5, 0.6) is 0 Å². The van der Waals surface area contributed by atoms with Gasteiger partial charge >= 0.3 is 0 Å². The summed E-state index contributed by atoms with van der Waals surface area (Å²) in [6.07, 6.45) is 1.25. The molecule has 0 aromatic heterocycles. The second-order valence-electron chi connectivity index (χ2n) is 3.63. The van der Waals surface area contributed by atoms with Crippen LogP contribution in [0, 0.1) is 0 Å². The van der Waals surface area contributed by atoms with Crippen molar-refractivity contribution < 1.29 is 9.59 Å². The SMILES string of the molecule is O=Cc1cc(Br)ccc1N1CC(Br)CC1=O. The number of anilines is 1. The van der Waals surface area contributed by atoms with Crippen molar-refractivity contribution in [2.45, 2.75) is 11.2 Å².